The van der Waals surface area contributed by atoms with Crippen LogP contribution in [0.5, 0.6) is 0 Å². The lowest BCUT2D eigenvalue weighted by atomic mass is 10.3. The number of rotatable bonds is 4. The highest BCUT2D eigenvalue weighted by atomic mass is 32.2. The van der Waals surface area contributed by atoms with Crippen LogP contribution in [0.4, 0.5) is 5.69 Å². The Morgan fingerprint density at radius 1 is 1.57 bits per heavy atom. The molecule has 6 heteroatoms. The third kappa shape index (κ3) is 2.97. The van der Waals surface area contributed by atoms with Crippen molar-refractivity contribution in [3.63, 3.8) is 0 Å². The van der Waals surface area contributed by atoms with E-state index in [0.717, 1.165) is 5.56 Å². The number of aliphatic hydroxyl groups excluding tert-OH is 1. The second-order valence-electron chi connectivity index (χ2n) is 2.84. The fraction of sp³-hybridized carbons (Fsp3) is 0.375. The first-order chi connectivity index (χ1) is 6.55. The molecule has 0 saturated heterocycles. The van der Waals surface area contributed by atoms with Gasteiger partial charge in [-0.25, -0.2) is 8.42 Å². The van der Waals surface area contributed by atoms with E-state index in [2.05, 4.69) is 9.71 Å². The molecular formula is C8H12N2O3S. The van der Waals surface area contributed by atoms with E-state index in [4.69, 9.17) is 5.11 Å². The standard InChI is InChI=1S/C8H12N2O3S/c1-7-6-9-3-2-8(7)10-14(12,13)5-4-11/h2-3,6,11H,4-5H2,1H3,(H,9,10). The average Bonchev–Trinajstić information content (AvgIpc) is 2.08. The lowest BCUT2D eigenvalue weighted by Gasteiger charge is -2.08. The Balaban J connectivity index is 2.84. The van der Waals surface area contributed by atoms with Crippen molar-refractivity contribution in [3.8, 4) is 0 Å². The van der Waals surface area contributed by atoms with Crippen LogP contribution in [0.3, 0.4) is 0 Å². The summed E-state index contributed by atoms with van der Waals surface area (Å²) in [7, 11) is -3.43. The number of aromatic nitrogens is 1. The van der Waals surface area contributed by atoms with Crippen LogP contribution in [0.1, 0.15) is 5.56 Å². The summed E-state index contributed by atoms with van der Waals surface area (Å²) in [5.41, 5.74) is 1.24. The van der Waals surface area contributed by atoms with Crippen molar-refractivity contribution in [1.82, 2.24) is 4.98 Å². The number of nitrogens with one attached hydrogen (secondary N) is 1. The molecule has 0 saturated carbocycles. The largest absolute Gasteiger partial charge is 0.395 e. The third-order valence-electron chi connectivity index (χ3n) is 1.65. The molecule has 0 atom stereocenters. The number of nitrogens with zero attached hydrogens (tertiary/aromatic N) is 1. The van der Waals surface area contributed by atoms with Crippen LogP contribution < -0.4 is 4.72 Å². The van der Waals surface area contributed by atoms with Crippen LogP contribution in [0, 0.1) is 6.92 Å². The fourth-order valence-corrected chi connectivity index (χ4v) is 1.83. The van der Waals surface area contributed by atoms with Crippen molar-refractivity contribution in [2.24, 2.45) is 0 Å². The fourth-order valence-electron chi connectivity index (χ4n) is 0.927. The summed E-state index contributed by atoms with van der Waals surface area (Å²) in [6.07, 6.45) is 3.07. The minimum absolute atomic E-state index is 0.297. The highest BCUT2D eigenvalue weighted by molar-refractivity contribution is 7.92. The Hall–Kier alpha value is -1.14. The van der Waals surface area contributed by atoms with Crippen molar-refractivity contribution in [1.29, 1.82) is 0 Å². The smallest absolute Gasteiger partial charge is 0.235 e. The minimum atomic E-state index is -3.43. The van der Waals surface area contributed by atoms with Crippen molar-refractivity contribution in [2.45, 2.75) is 6.92 Å². The number of hydrogen-bond donors (Lipinski definition) is 2. The molecule has 2 N–H and O–H groups in total. The quantitative estimate of drug-likeness (QED) is 0.749. The Kier molecular flexibility index (Phi) is 3.43. The van der Waals surface area contributed by atoms with Gasteiger partial charge in [-0.2, -0.15) is 0 Å². The van der Waals surface area contributed by atoms with Crippen LogP contribution >= 0.6 is 0 Å². The van der Waals surface area contributed by atoms with Crippen molar-refractivity contribution >= 4 is 15.7 Å². The summed E-state index contributed by atoms with van der Waals surface area (Å²) in [4.78, 5) is 3.84. The van der Waals surface area contributed by atoms with Gasteiger partial charge in [0.2, 0.25) is 10.0 Å². The molecule has 0 spiro atoms. The van der Waals surface area contributed by atoms with E-state index in [1.165, 1.54) is 6.20 Å². The van der Waals surface area contributed by atoms with Crippen LogP contribution in [-0.4, -0.2) is 30.9 Å². The summed E-state index contributed by atoms with van der Waals surface area (Å²) >= 11 is 0. The highest BCUT2D eigenvalue weighted by Crippen LogP contribution is 2.13. The Labute approximate surface area is 82.9 Å². The van der Waals surface area contributed by atoms with Gasteiger partial charge >= 0.3 is 0 Å². The van der Waals surface area contributed by atoms with E-state index >= 15 is 0 Å². The van der Waals surface area contributed by atoms with Gasteiger partial charge in [0, 0.05) is 12.4 Å². The Morgan fingerprint density at radius 3 is 2.86 bits per heavy atom. The highest BCUT2D eigenvalue weighted by Gasteiger charge is 2.10. The lowest BCUT2D eigenvalue weighted by Crippen LogP contribution is -2.19. The second kappa shape index (κ2) is 4.39. The van der Waals surface area contributed by atoms with Gasteiger partial charge in [-0.15, -0.1) is 0 Å². The van der Waals surface area contributed by atoms with E-state index in [0.29, 0.717) is 5.69 Å². The van der Waals surface area contributed by atoms with E-state index in [-0.39, 0.29) is 12.4 Å². The van der Waals surface area contributed by atoms with Gasteiger partial charge in [-0.05, 0) is 18.6 Å². The van der Waals surface area contributed by atoms with Crippen LogP contribution in [-0.2, 0) is 10.0 Å². The first-order valence-corrected chi connectivity index (χ1v) is 5.72. The molecule has 5 nitrogen and oxygen atoms in total. The third-order valence-corrected chi connectivity index (χ3v) is 2.90. The van der Waals surface area contributed by atoms with Crippen LogP contribution in [0.25, 0.3) is 0 Å². The van der Waals surface area contributed by atoms with Gasteiger partial charge in [0.15, 0.2) is 0 Å². The molecule has 0 bridgehead atoms. The molecule has 0 unspecified atom stereocenters. The molecule has 1 rings (SSSR count). The van der Waals surface area contributed by atoms with Gasteiger partial charge in [0.1, 0.15) is 0 Å². The molecule has 1 aromatic heterocycles. The Bertz CT molecular complexity index is 403. The maximum atomic E-state index is 11.3. The van der Waals surface area contributed by atoms with Crippen LogP contribution in [0.15, 0.2) is 18.5 Å². The zero-order valence-corrected chi connectivity index (χ0v) is 8.58. The molecule has 0 aromatic carbocycles. The number of aryl methyl sites for hydroxylation is 1. The molecule has 0 aliphatic heterocycles. The van der Waals surface area contributed by atoms with Crippen LogP contribution in [0.2, 0.25) is 0 Å². The van der Waals surface area contributed by atoms with Gasteiger partial charge < -0.3 is 5.11 Å². The molecule has 1 heterocycles. The summed E-state index contributed by atoms with van der Waals surface area (Å²) in [5, 5.41) is 8.52. The van der Waals surface area contributed by atoms with Gasteiger partial charge in [-0.3, -0.25) is 9.71 Å². The van der Waals surface area contributed by atoms with E-state index < -0.39 is 10.0 Å². The monoisotopic (exact) mass is 216 g/mol. The number of pyridine rings is 1. The summed E-state index contributed by atoms with van der Waals surface area (Å²) in [6, 6.07) is 1.57. The summed E-state index contributed by atoms with van der Waals surface area (Å²) < 4.78 is 24.9. The molecule has 1 aromatic rings. The normalized spacial score (nSPS) is 11.3. The molecule has 0 fully saturated rings. The van der Waals surface area contributed by atoms with Gasteiger partial charge in [0.05, 0.1) is 18.0 Å². The maximum absolute atomic E-state index is 11.3. The van der Waals surface area contributed by atoms with Crippen molar-refractivity contribution < 1.29 is 13.5 Å². The number of aliphatic hydroxyl groups is 1. The molecule has 78 valence electrons. The van der Waals surface area contributed by atoms with Crippen molar-refractivity contribution in [2.75, 3.05) is 17.1 Å². The van der Waals surface area contributed by atoms with E-state index in [1.54, 1.807) is 19.2 Å². The zero-order valence-electron chi connectivity index (χ0n) is 7.77. The first kappa shape index (κ1) is 10.9. The first-order valence-electron chi connectivity index (χ1n) is 4.07. The molecule has 14 heavy (non-hydrogen) atoms. The van der Waals surface area contributed by atoms with Gasteiger partial charge in [0.25, 0.3) is 0 Å². The summed E-state index contributed by atoms with van der Waals surface area (Å²) in [6.45, 7) is 1.36. The van der Waals surface area contributed by atoms with Gasteiger partial charge in [-0.1, -0.05) is 0 Å². The van der Waals surface area contributed by atoms with Crippen molar-refractivity contribution in [3.05, 3.63) is 24.0 Å². The molecular weight excluding hydrogens is 204 g/mol. The number of anilines is 1. The molecule has 0 aliphatic rings. The number of sulfonamides is 1. The summed E-state index contributed by atoms with van der Waals surface area (Å²) in [5.74, 6) is -0.297. The topological polar surface area (TPSA) is 79.3 Å². The average molecular weight is 216 g/mol. The minimum Gasteiger partial charge on any atom is -0.395 e. The predicted molar refractivity (Wildman–Crippen MR) is 53.5 cm³/mol. The van der Waals surface area contributed by atoms with E-state index in [1.807, 2.05) is 0 Å². The molecule has 0 radical (unpaired) electrons. The van der Waals surface area contributed by atoms with E-state index in [9.17, 15) is 8.42 Å². The molecule has 0 aliphatic carbocycles. The maximum Gasteiger partial charge on any atom is 0.235 e. The SMILES string of the molecule is Cc1cnccc1NS(=O)(=O)CCO. The predicted octanol–water partition coefficient (Wildman–Crippen LogP) is 0.124. The number of hydrogen-bond acceptors (Lipinski definition) is 4. The zero-order chi connectivity index (χ0) is 10.6. The second-order valence-corrected chi connectivity index (χ2v) is 4.68. The Morgan fingerprint density at radius 2 is 2.29 bits per heavy atom. The molecule has 0 amide bonds. The lowest BCUT2D eigenvalue weighted by molar-refractivity contribution is 0.320.